The van der Waals surface area contributed by atoms with Gasteiger partial charge in [0.05, 0.1) is 17.0 Å². The highest BCUT2D eigenvalue weighted by Crippen LogP contribution is 2.22. The fourth-order valence-corrected chi connectivity index (χ4v) is 4.66. The summed E-state index contributed by atoms with van der Waals surface area (Å²) in [5.74, 6) is -0.901. The van der Waals surface area contributed by atoms with Crippen molar-refractivity contribution < 1.29 is 18.0 Å². The SMILES string of the molecule is Cc1cccc(NC(=O)CC(=O)NC2(C)CCS(=O)(=O)C2)c1. The van der Waals surface area contributed by atoms with Crippen molar-refractivity contribution in [2.75, 3.05) is 16.8 Å². The third-order valence-electron chi connectivity index (χ3n) is 3.57. The van der Waals surface area contributed by atoms with Gasteiger partial charge in [-0.25, -0.2) is 8.42 Å². The van der Waals surface area contributed by atoms with Gasteiger partial charge in [0.1, 0.15) is 6.42 Å². The van der Waals surface area contributed by atoms with Crippen molar-refractivity contribution in [3.05, 3.63) is 29.8 Å². The summed E-state index contributed by atoms with van der Waals surface area (Å²) in [5.41, 5.74) is 0.859. The van der Waals surface area contributed by atoms with E-state index in [4.69, 9.17) is 0 Å². The predicted molar refractivity (Wildman–Crippen MR) is 84.2 cm³/mol. The lowest BCUT2D eigenvalue weighted by atomic mass is 10.0. The third kappa shape index (κ3) is 4.56. The van der Waals surface area contributed by atoms with E-state index in [-0.39, 0.29) is 17.9 Å². The molecule has 1 unspecified atom stereocenters. The Kier molecular flexibility index (Phi) is 4.55. The Morgan fingerprint density at radius 2 is 2.00 bits per heavy atom. The first-order valence-corrected chi connectivity index (χ1v) is 8.88. The van der Waals surface area contributed by atoms with Gasteiger partial charge in [-0.3, -0.25) is 9.59 Å². The third-order valence-corrected chi connectivity index (χ3v) is 5.47. The van der Waals surface area contributed by atoms with Gasteiger partial charge in [-0.1, -0.05) is 12.1 Å². The smallest absolute Gasteiger partial charge is 0.233 e. The molecule has 1 aliphatic rings. The van der Waals surface area contributed by atoms with Crippen molar-refractivity contribution in [1.82, 2.24) is 5.32 Å². The topological polar surface area (TPSA) is 92.3 Å². The fraction of sp³-hybridized carbons (Fsp3) is 0.467. The molecule has 0 radical (unpaired) electrons. The molecule has 1 aromatic carbocycles. The number of carbonyl (C=O) groups excluding carboxylic acids is 2. The maximum atomic E-state index is 11.9. The Hall–Kier alpha value is -1.89. The monoisotopic (exact) mass is 324 g/mol. The Morgan fingerprint density at radius 1 is 1.27 bits per heavy atom. The van der Waals surface area contributed by atoms with Crippen LogP contribution in [0.15, 0.2) is 24.3 Å². The standard InChI is InChI=1S/C15H20N2O4S/c1-11-4-3-5-12(8-11)16-13(18)9-14(19)17-15(2)6-7-22(20,21)10-15/h3-5,8H,6-7,9-10H2,1-2H3,(H,16,18)(H,17,19). The molecule has 0 aromatic heterocycles. The lowest BCUT2D eigenvalue weighted by Gasteiger charge is -2.23. The van der Waals surface area contributed by atoms with E-state index in [0.29, 0.717) is 12.1 Å². The van der Waals surface area contributed by atoms with Gasteiger partial charge in [-0.15, -0.1) is 0 Å². The molecule has 0 saturated carbocycles. The van der Waals surface area contributed by atoms with Crippen molar-refractivity contribution in [2.45, 2.75) is 32.2 Å². The fourth-order valence-electron chi connectivity index (χ4n) is 2.56. The van der Waals surface area contributed by atoms with Crippen LogP contribution in [0.3, 0.4) is 0 Å². The molecule has 2 rings (SSSR count). The second-order valence-electron chi connectivity index (χ2n) is 6.05. The van der Waals surface area contributed by atoms with Crippen molar-refractivity contribution in [3.63, 3.8) is 0 Å². The van der Waals surface area contributed by atoms with Gasteiger partial charge in [0, 0.05) is 5.69 Å². The van der Waals surface area contributed by atoms with Gasteiger partial charge in [0.15, 0.2) is 9.84 Å². The van der Waals surface area contributed by atoms with Crippen LogP contribution in [0, 0.1) is 6.92 Å². The number of carbonyl (C=O) groups is 2. The molecule has 2 amide bonds. The molecule has 6 nitrogen and oxygen atoms in total. The van der Waals surface area contributed by atoms with E-state index in [0.717, 1.165) is 5.56 Å². The van der Waals surface area contributed by atoms with Gasteiger partial charge >= 0.3 is 0 Å². The summed E-state index contributed by atoms with van der Waals surface area (Å²) in [6.07, 6.45) is 0.0458. The molecule has 2 N–H and O–H groups in total. The molecule has 1 saturated heterocycles. The lowest BCUT2D eigenvalue weighted by Crippen LogP contribution is -2.47. The summed E-state index contributed by atoms with van der Waals surface area (Å²) < 4.78 is 23.0. The first-order valence-electron chi connectivity index (χ1n) is 7.05. The van der Waals surface area contributed by atoms with Gasteiger partial charge < -0.3 is 10.6 Å². The number of hydrogen-bond donors (Lipinski definition) is 2. The minimum atomic E-state index is -3.10. The van der Waals surface area contributed by atoms with E-state index in [1.807, 2.05) is 19.1 Å². The van der Waals surface area contributed by atoms with Gasteiger partial charge in [-0.05, 0) is 38.0 Å². The van der Waals surface area contributed by atoms with Crippen LogP contribution in [0.5, 0.6) is 0 Å². The molecule has 120 valence electrons. The quantitative estimate of drug-likeness (QED) is 0.809. The summed E-state index contributed by atoms with van der Waals surface area (Å²) >= 11 is 0. The van der Waals surface area contributed by atoms with E-state index >= 15 is 0 Å². The minimum absolute atomic E-state index is 0.0687. The van der Waals surface area contributed by atoms with E-state index in [1.54, 1.807) is 19.1 Å². The Labute approximate surface area is 130 Å². The van der Waals surface area contributed by atoms with Crippen molar-refractivity contribution in [1.29, 1.82) is 0 Å². The van der Waals surface area contributed by atoms with Crippen molar-refractivity contribution in [2.24, 2.45) is 0 Å². The molecular formula is C15H20N2O4S. The largest absolute Gasteiger partial charge is 0.349 e. The number of sulfone groups is 1. The summed E-state index contributed by atoms with van der Waals surface area (Å²) in [5, 5.41) is 5.31. The second-order valence-corrected chi connectivity index (χ2v) is 8.23. The molecule has 0 bridgehead atoms. The summed E-state index contributed by atoms with van der Waals surface area (Å²) in [6.45, 7) is 3.59. The zero-order valence-electron chi connectivity index (χ0n) is 12.7. The van der Waals surface area contributed by atoms with Crippen LogP contribution in [0.1, 0.15) is 25.3 Å². The Bertz CT molecular complexity index is 699. The summed E-state index contributed by atoms with van der Waals surface area (Å²) in [7, 11) is -3.10. The summed E-state index contributed by atoms with van der Waals surface area (Å²) in [6, 6.07) is 7.27. The zero-order chi connectivity index (χ0) is 16.4. The van der Waals surface area contributed by atoms with Gasteiger partial charge in [0.2, 0.25) is 11.8 Å². The normalized spacial score (nSPS) is 23.0. The number of amides is 2. The Morgan fingerprint density at radius 3 is 2.59 bits per heavy atom. The van der Waals surface area contributed by atoms with Crippen LogP contribution >= 0.6 is 0 Å². The number of anilines is 1. The maximum absolute atomic E-state index is 11.9. The van der Waals surface area contributed by atoms with Crippen LogP contribution in [0.4, 0.5) is 5.69 Å². The van der Waals surface area contributed by atoms with E-state index in [9.17, 15) is 18.0 Å². The van der Waals surface area contributed by atoms with Gasteiger partial charge in [0.25, 0.3) is 0 Å². The molecule has 0 spiro atoms. The number of aryl methyl sites for hydroxylation is 1. The molecule has 1 aromatic rings. The second kappa shape index (κ2) is 6.08. The molecule has 0 aliphatic carbocycles. The Balaban J connectivity index is 1.88. The van der Waals surface area contributed by atoms with E-state index in [2.05, 4.69) is 10.6 Å². The van der Waals surface area contributed by atoms with Crippen molar-refractivity contribution >= 4 is 27.3 Å². The van der Waals surface area contributed by atoms with Crippen molar-refractivity contribution in [3.8, 4) is 0 Å². The molecule has 22 heavy (non-hydrogen) atoms. The van der Waals surface area contributed by atoms with Crippen LogP contribution in [-0.4, -0.2) is 37.3 Å². The molecule has 1 fully saturated rings. The van der Waals surface area contributed by atoms with Gasteiger partial charge in [-0.2, -0.15) is 0 Å². The van der Waals surface area contributed by atoms with Crippen LogP contribution in [0.2, 0.25) is 0 Å². The number of hydrogen-bond acceptors (Lipinski definition) is 4. The average molecular weight is 324 g/mol. The summed E-state index contributed by atoms with van der Waals surface area (Å²) in [4.78, 5) is 23.8. The highest BCUT2D eigenvalue weighted by atomic mass is 32.2. The molecule has 1 heterocycles. The number of nitrogens with one attached hydrogen (secondary N) is 2. The molecular weight excluding hydrogens is 304 g/mol. The number of benzene rings is 1. The molecule has 1 atom stereocenters. The predicted octanol–water partition coefficient (Wildman–Crippen LogP) is 1.02. The highest BCUT2D eigenvalue weighted by Gasteiger charge is 2.39. The first kappa shape index (κ1) is 16.5. The lowest BCUT2D eigenvalue weighted by molar-refractivity contribution is -0.127. The highest BCUT2D eigenvalue weighted by molar-refractivity contribution is 7.91. The zero-order valence-corrected chi connectivity index (χ0v) is 13.5. The van der Waals surface area contributed by atoms with Crippen LogP contribution in [-0.2, 0) is 19.4 Å². The van der Waals surface area contributed by atoms with E-state index in [1.165, 1.54) is 0 Å². The maximum Gasteiger partial charge on any atom is 0.233 e. The molecule has 1 aliphatic heterocycles. The van der Waals surface area contributed by atoms with E-state index < -0.39 is 27.2 Å². The van der Waals surface area contributed by atoms with Crippen LogP contribution in [0.25, 0.3) is 0 Å². The first-order chi connectivity index (χ1) is 10.2. The van der Waals surface area contributed by atoms with Crippen LogP contribution < -0.4 is 10.6 Å². The minimum Gasteiger partial charge on any atom is -0.349 e. The average Bonchev–Trinajstić information content (AvgIpc) is 2.62. The molecule has 7 heteroatoms. The number of rotatable bonds is 4.